The van der Waals surface area contributed by atoms with Crippen molar-refractivity contribution in [3.8, 4) is 0 Å². The molecule has 1 aliphatic rings. The molecule has 1 saturated heterocycles. The van der Waals surface area contributed by atoms with E-state index in [1.54, 1.807) is 10.9 Å². The first kappa shape index (κ1) is 15.7. The number of carbonyl (C=O) groups is 3. The summed E-state index contributed by atoms with van der Waals surface area (Å²) in [6, 6.07) is 9.22. The van der Waals surface area contributed by atoms with E-state index >= 15 is 0 Å². The number of aromatic nitrogens is 2. The van der Waals surface area contributed by atoms with Crippen molar-refractivity contribution in [2.45, 2.75) is 6.54 Å². The second-order valence-electron chi connectivity index (χ2n) is 5.27. The van der Waals surface area contributed by atoms with Crippen LogP contribution in [0.25, 0.3) is 0 Å². The Morgan fingerprint density at radius 1 is 1.25 bits per heavy atom. The fourth-order valence-corrected chi connectivity index (χ4v) is 2.32. The maximum atomic E-state index is 12.0. The third-order valence-corrected chi connectivity index (χ3v) is 3.54. The van der Waals surface area contributed by atoms with Crippen molar-refractivity contribution in [3.63, 3.8) is 0 Å². The van der Waals surface area contributed by atoms with Gasteiger partial charge in [-0.2, -0.15) is 5.10 Å². The Bertz CT molecular complexity index is 756. The smallest absolute Gasteiger partial charge is 0.341 e. The second kappa shape index (κ2) is 6.95. The predicted molar refractivity (Wildman–Crippen MR) is 83.2 cm³/mol. The normalized spacial score (nSPS) is 13.7. The number of carbonyl (C=O) groups excluding carboxylic acids is 3. The fourth-order valence-electron chi connectivity index (χ4n) is 2.32. The summed E-state index contributed by atoms with van der Waals surface area (Å²) in [5, 5.41) is 6.61. The Kier molecular flexibility index (Phi) is 4.55. The lowest BCUT2D eigenvalue weighted by Gasteiger charge is -2.11. The van der Waals surface area contributed by atoms with Crippen LogP contribution >= 0.6 is 0 Å². The molecular formula is C16H16N4O4. The minimum absolute atomic E-state index is 0.254. The first-order valence-electron chi connectivity index (χ1n) is 7.45. The molecule has 24 heavy (non-hydrogen) atoms. The number of benzene rings is 1. The molecule has 1 fully saturated rings. The third kappa shape index (κ3) is 3.60. The van der Waals surface area contributed by atoms with Crippen LogP contribution in [0.4, 0.5) is 4.79 Å². The molecule has 3 rings (SSSR count). The molecule has 0 aliphatic carbocycles. The molecule has 8 heteroatoms. The minimum Gasteiger partial charge on any atom is -0.452 e. The van der Waals surface area contributed by atoms with E-state index < -0.39 is 24.5 Å². The van der Waals surface area contributed by atoms with Gasteiger partial charge in [0, 0.05) is 19.3 Å². The van der Waals surface area contributed by atoms with Crippen molar-refractivity contribution in [2.24, 2.45) is 0 Å². The summed E-state index contributed by atoms with van der Waals surface area (Å²) in [4.78, 5) is 36.1. The largest absolute Gasteiger partial charge is 0.452 e. The van der Waals surface area contributed by atoms with Gasteiger partial charge >= 0.3 is 12.0 Å². The van der Waals surface area contributed by atoms with E-state index in [9.17, 15) is 14.4 Å². The number of hydrogen-bond donors (Lipinski definition) is 1. The average Bonchev–Trinajstić information content (AvgIpc) is 3.22. The van der Waals surface area contributed by atoms with Crippen molar-refractivity contribution in [3.05, 3.63) is 53.9 Å². The zero-order valence-electron chi connectivity index (χ0n) is 12.8. The van der Waals surface area contributed by atoms with Gasteiger partial charge in [0.1, 0.15) is 0 Å². The van der Waals surface area contributed by atoms with Crippen LogP contribution in [0, 0.1) is 0 Å². The maximum Gasteiger partial charge on any atom is 0.341 e. The Hall–Kier alpha value is -3.16. The average molecular weight is 328 g/mol. The summed E-state index contributed by atoms with van der Waals surface area (Å²) < 4.78 is 6.56. The van der Waals surface area contributed by atoms with Crippen LogP contribution in [-0.2, 0) is 16.1 Å². The Morgan fingerprint density at radius 3 is 2.75 bits per heavy atom. The van der Waals surface area contributed by atoms with Gasteiger partial charge in [0.25, 0.3) is 5.91 Å². The topological polar surface area (TPSA) is 93.5 Å². The molecule has 124 valence electrons. The van der Waals surface area contributed by atoms with Crippen molar-refractivity contribution in [2.75, 3.05) is 19.7 Å². The van der Waals surface area contributed by atoms with Crippen LogP contribution < -0.4 is 5.32 Å². The number of ether oxygens (including phenoxy) is 1. The van der Waals surface area contributed by atoms with Gasteiger partial charge in [-0.3, -0.25) is 14.4 Å². The van der Waals surface area contributed by atoms with E-state index in [0.717, 1.165) is 10.5 Å². The Labute approximate surface area is 138 Å². The van der Waals surface area contributed by atoms with Crippen molar-refractivity contribution < 1.29 is 19.1 Å². The standard InChI is InChI=1S/C16H16N4O4/c21-14(20-7-6-17-16(20)23)11-24-15(22)13-8-18-19(10-13)9-12-4-2-1-3-5-12/h1-5,8,10H,6-7,9,11H2,(H,17,23). The number of amides is 3. The lowest BCUT2D eigenvalue weighted by molar-refractivity contribution is -0.130. The van der Waals surface area contributed by atoms with Crippen LogP contribution in [0.3, 0.4) is 0 Å². The predicted octanol–water partition coefficient (Wildman–Crippen LogP) is 0.640. The quantitative estimate of drug-likeness (QED) is 0.813. The van der Waals surface area contributed by atoms with E-state index in [2.05, 4.69) is 10.4 Å². The third-order valence-electron chi connectivity index (χ3n) is 3.54. The van der Waals surface area contributed by atoms with Gasteiger partial charge in [-0.1, -0.05) is 30.3 Å². The Morgan fingerprint density at radius 2 is 2.04 bits per heavy atom. The molecule has 3 amide bonds. The van der Waals surface area contributed by atoms with Crippen molar-refractivity contribution in [1.82, 2.24) is 20.0 Å². The molecule has 1 aromatic heterocycles. The zero-order valence-corrected chi connectivity index (χ0v) is 12.8. The highest BCUT2D eigenvalue weighted by molar-refractivity contribution is 5.98. The molecule has 8 nitrogen and oxygen atoms in total. The van der Waals surface area contributed by atoms with E-state index in [1.165, 1.54) is 6.20 Å². The molecular weight excluding hydrogens is 312 g/mol. The number of nitrogens with one attached hydrogen (secondary N) is 1. The molecule has 2 aromatic rings. The molecule has 1 N–H and O–H groups in total. The molecule has 1 aliphatic heterocycles. The molecule has 0 bridgehead atoms. The molecule has 1 aromatic carbocycles. The first-order chi connectivity index (χ1) is 11.6. The number of esters is 1. The van der Waals surface area contributed by atoms with Crippen LogP contribution in [0.2, 0.25) is 0 Å². The number of rotatable bonds is 5. The summed E-state index contributed by atoms with van der Waals surface area (Å²) in [6.07, 6.45) is 2.95. The van der Waals surface area contributed by atoms with Gasteiger partial charge in [0.05, 0.1) is 18.3 Å². The van der Waals surface area contributed by atoms with E-state index in [0.29, 0.717) is 13.1 Å². The number of imide groups is 1. The monoisotopic (exact) mass is 328 g/mol. The van der Waals surface area contributed by atoms with Crippen molar-refractivity contribution in [1.29, 1.82) is 0 Å². The summed E-state index contributed by atoms with van der Waals surface area (Å²) >= 11 is 0. The lowest BCUT2D eigenvalue weighted by atomic mass is 10.2. The van der Waals surface area contributed by atoms with Gasteiger partial charge in [-0.25, -0.2) is 9.59 Å². The number of nitrogens with zero attached hydrogens (tertiary/aromatic N) is 3. The summed E-state index contributed by atoms with van der Waals surface area (Å²) in [7, 11) is 0. The lowest BCUT2D eigenvalue weighted by Crippen LogP contribution is -2.37. The molecule has 0 radical (unpaired) electrons. The minimum atomic E-state index is -0.651. The fraction of sp³-hybridized carbons (Fsp3) is 0.250. The van der Waals surface area contributed by atoms with Gasteiger partial charge in [-0.15, -0.1) is 0 Å². The van der Waals surface area contributed by atoms with E-state index in [-0.39, 0.29) is 12.1 Å². The summed E-state index contributed by atoms with van der Waals surface area (Å²) in [5.41, 5.74) is 1.31. The highest BCUT2D eigenvalue weighted by Gasteiger charge is 2.27. The maximum absolute atomic E-state index is 12.0. The highest BCUT2D eigenvalue weighted by Crippen LogP contribution is 2.06. The first-order valence-corrected chi connectivity index (χ1v) is 7.45. The van der Waals surface area contributed by atoms with E-state index in [4.69, 9.17) is 4.74 Å². The number of urea groups is 1. The molecule has 2 heterocycles. The zero-order chi connectivity index (χ0) is 16.9. The second-order valence-corrected chi connectivity index (χ2v) is 5.27. The van der Waals surface area contributed by atoms with Crippen molar-refractivity contribution >= 4 is 17.9 Å². The van der Waals surface area contributed by atoms with Crippen LogP contribution in [0.15, 0.2) is 42.7 Å². The van der Waals surface area contributed by atoms with Gasteiger partial charge in [-0.05, 0) is 5.56 Å². The van der Waals surface area contributed by atoms with Gasteiger partial charge in [0.15, 0.2) is 6.61 Å². The summed E-state index contributed by atoms with van der Waals surface area (Å²) in [5.74, 6) is -1.20. The summed E-state index contributed by atoms with van der Waals surface area (Å²) in [6.45, 7) is 0.742. The molecule has 0 spiro atoms. The molecule has 0 atom stereocenters. The van der Waals surface area contributed by atoms with Gasteiger partial charge < -0.3 is 10.1 Å². The van der Waals surface area contributed by atoms with E-state index in [1.807, 2.05) is 30.3 Å². The van der Waals surface area contributed by atoms with Crippen LogP contribution in [0.1, 0.15) is 15.9 Å². The Balaban J connectivity index is 1.54. The highest BCUT2D eigenvalue weighted by atomic mass is 16.5. The molecule has 0 unspecified atom stereocenters. The van der Waals surface area contributed by atoms with Gasteiger partial charge in [0.2, 0.25) is 0 Å². The molecule has 0 saturated carbocycles. The SMILES string of the molecule is O=C(OCC(=O)N1CCNC1=O)c1cnn(Cc2ccccc2)c1. The number of hydrogen-bond acceptors (Lipinski definition) is 5. The van der Waals surface area contributed by atoms with Crippen LogP contribution in [0.5, 0.6) is 0 Å². The van der Waals surface area contributed by atoms with Crippen LogP contribution in [-0.4, -0.2) is 52.3 Å².